The molecule has 4 heteroatoms. The van der Waals surface area contributed by atoms with Crippen molar-refractivity contribution in [2.75, 3.05) is 12.3 Å². The summed E-state index contributed by atoms with van der Waals surface area (Å²) in [5, 5.41) is 3.48. The first-order chi connectivity index (χ1) is 8.25. The Hall–Kier alpha value is -0.610. The summed E-state index contributed by atoms with van der Waals surface area (Å²) in [6.07, 6.45) is 1.45. The molecule has 1 aliphatic rings. The van der Waals surface area contributed by atoms with Crippen LogP contribution >= 0.6 is 11.8 Å². The SMILES string of the molecule is FC(F)CSc1ccc(C2CCCCN2)cc1. The highest BCUT2D eigenvalue weighted by atomic mass is 32.2. The van der Waals surface area contributed by atoms with Gasteiger partial charge in [-0.05, 0) is 37.1 Å². The van der Waals surface area contributed by atoms with Gasteiger partial charge < -0.3 is 5.32 Å². The third-order valence-electron chi connectivity index (χ3n) is 2.97. The average molecular weight is 257 g/mol. The summed E-state index contributed by atoms with van der Waals surface area (Å²) in [4.78, 5) is 0.921. The molecule has 2 rings (SSSR count). The molecular formula is C13H17F2NS. The van der Waals surface area contributed by atoms with Crippen molar-refractivity contribution >= 4 is 11.8 Å². The highest BCUT2D eigenvalue weighted by molar-refractivity contribution is 7.99. The smallest absolute Gasteiger partial charge is 0.247 e. The van der Waals surface area contributed by atoms with Gasteiger partial charge in [-0.2, -0.15) is 0 Å². The summed E-state index contributed by atoms with van der Waals surface area (Å²) in [6, 6.07) is 8.43. The number of thioether (sulfide) groups is 1. The zero-order valence-corrected chi connectivity index (χ0v) is 10.5. The number of alkyl halides is 2. The van der Waals surface area contributed by atoms with E-state index in [9.17, 15) is 8.78 Å². The van der Waals surface area contributed by atoms with Crippen molar-refractivity contribution in [3.05, 3.63) is 29.8 Å². The maximum Gasteiger partial charge on any atom is 0.247 e. The summed E-state index contributed by atoms with van der Waals surface area (Å²) in [5.41, 5.74) is 1.27. The van der Waals surface area contributed by atoms with Crippen molar-refractivity contribution in [1.82, 2.24) is 5.32 Å². The topological polar surface area (TPSA) is 12.0 Å². The minimum atomic E-state index is -2.24. The molecule has 0 spiro atoms. The van der Waals surface area contributed by atoms with Gasteiger partial charge in [0.1, 0.15) is 0 Å². The number of halogens is 2. The van der Waals surface area contributed by atoms with Crippen LogP contribution in [0.5, 0.6) is 0 Å². The Morgan fingerprint density at radius 3 is 2.59 bits per heavy atom. The van der Waals surface area contributed by atoms with Crippen LogP contribution in [0.1, 0.15) is 30.9 Å². The van der Waals surface area contributed by atoms with Gasteiger partial charge in [0.05, 0.1) is 5.75 Å². The molecule has 1 atom stereocenters. The van der Waals surface area contributed by atoms with Gasteiger partial charge >= 0.3 is 0 Å². The normalized spacial score (nSPS) is 20.8. The van der Waals surface area contributed by atoms with Crippen molar-refractivity contribution in [3.8, 4) is 0 Å². The third-order valence-corrected chi connectivity index (χ3v) is 3.99. The van der Waals surface area contributed by atoms with Gasteiger partial charge in [0.15, 0.2) is 0 Å². The number of nitrogens with one attached hydrogen (secondary N) is 1. The van der Waals surface area contributed by atoms with Crippen molar-refractivity contribution in [3.63, 3.8) is 0 Å². The summed E-state index contributed by atoms with van der Waals surface area (Å²) >= 11 is 1.21. The minimum absolute atomic E-state index is 0.124. The number of hydrogen-bond donors (Lipinski definition) is 1. The van der Waals surface area contributed by atoms with Crippen LogP contribution in [0.4, 0.5) is 8.78 Å². The molecule has 17 heavy (non-hydrogen) atoms. The zero-order valence-electron chi connectivity index (χ0n) is 9.66. The number of piperidine rings is 1. The van der Waals surface area contributed by atoms with E-state index in [4.69, 9.17) is 0 Å². The van der Waals surface area contributed by atoms with E-state index in [1.165, 1.54) is 36.6 Å². The summed E-state index contributed by atoms with van der Waals surface area (Å²) < 4.78 is 24.1. The lowest BCUT2D eigenvalue weighted by molar-refractivity contribution is 0.177. The second kappa shape index (κ2) is 6.36. The molecule has 0 aromatic heterocycles. The molecule has 1 saturated heterocycles. The molecule has 1 heterocycles. The molecule has 1 nitrogen and oxygen atoms in total. The molecule has 1 aromatic rings. The fourth-order valence-corrected chi connectivity index (χ4v) is 2.74. The first kappa shape index (κ1) is 12.8. The van der Waals surface area contributed by atoms with E-state index in [2.05, 4.69) is 17.4 Å². The zero-order chi connectivity index (χ0) is 12.1. The lowest BCUT2D eigenvalue weighted by Gasteiger charge is -2.23. The Bertz CT molecular complexity index is 334. The van der Waals surface area contributed by atoms with E-state index in [1.54, 1.807) is 0 Å². The van der Waals surface area contributed by atoms with Crippen LogP contribution in [-0.2, 0) is 0 Å². The van der Waals surface area contributed by atoms with Gasteiger partial charge in [-0.1, -0.05) is 18.6 Å². The minimum Gasteiger partial charge on any atom is -0.310 e. The van der Waals surface area contributed by atoms with E-state index in [0.717, 1.165) is 11.4 Å². The van der Waals surface area contributed by atoms with E-state index in [0.29, 0.717) is 6.04 Å². The number of benzene rings is 1. The Morgan fingerprint density at radius 2 is 2.00 bits per heavy atom. The van der Waals surface area contributed by atoms with Gasteiger partial charge in [-0.3, -0.25) is 0 Å². The van der Waals surface area contributed by atoms with Crippen LogP contribution in [0.2, 0.25) is 0 Å². The lowest BCUT2D eigenvalue weighted by Crippen LogP contribution is -2.26. The van der Waals surface area contributed by atoms with Gasteiger partial charge in [0.2, 0.25) is 6.43 Å². The van der Waals surface area contributed by atoms with Crippen LogP contribution in [-0.4, -0.2) is 18.7 Å². The van der Waals surface area contributed by atoms with Crippen molar-refractivity contribution < 1.29 is 8.78 Å². The molecule has 1 N–H and O–H groups in total. The molecule has 1 unspecified atom stereocenters. The molecule has 1 aromatic carbocycles. The first-order valence-corrected chi connectivity index (χ1v) is 6.98. The lowest BCUT2D eigenvalue weighted by atomic mass is 9.98. The molecule has 0 amide bonds. The van der Waals surface area contributed by atoms with E-state index in [1.807, 2.05) is 12.1 Å². The van der Waals surface area contributed by atoms with E-state index in [-0.39, 0.29) is 5.75 Å². The van der Waals surface area contributed by atoms with Crippen molar-refractivity contribution in [2.24, 2.45) is 0 Å². The Balaban J connectivity index is 1.92. The van der Waals surface area contributed by atoms with Crippen LogP contribution < -0.4 is 5.32 Å². The fraction of sp³-hybridized carbons (Fsp3) is 0.538. The highest BCUT2D eigenvalue weighted by Gasteiger charge is 2.14. The standard InChI is InChI=1S/C13H17F2NS/c14-13(15)9-17-11-6-4-10(5-7-11)12-3-1-2-8-16-12/h4-7,12-13,16H,1-3,8-9H2. The maximum absolute atomic E-state index is 12.1. The second-order valence-electron chi connectivity index (χ2n) is 4.27. The molecule has 1 aliphatic heterocycles. The van der Waals surface area contributed by atoms with Gasteiger partial charge in [-0.25, -0.2) is 8.78 Å². The average Bonchev–Trinajstić information content (AvgIpc) is 2.38. The predicted octanol–water partition coefficient (Wildman–Crippen LogP) is 3.86. The third kappa shape index (κ3) is 3.96. The van der Waals surface area contributed by atoms with E-state index >= 15 is 0 Å². The van der Waals surface area contributed by atoms with Gasteiger partial charge in [0.25, 0.3) is 0 Å². The highest BCUT2D eigenvalue weighted by Crippen LogP contribution is 2.26. The molecule has 1 fully saturated rings. The largest absolute Gasteiger partial charge is 0.310 e. The summed E-state index contributed by atoms with van der Waals surface area (Å²) in [6.45, 7) is 1.08. The predicted molar refractivity (Wildman–Crippen MR) is 67.8 cm³/mol. The van der Waals surface area contributed by atoms with E-state index < -0.39 is 6.43 Å². The molecule has 0 bridgehead atoms. The Labute approximate surface area is 105 Å². The maximum atomic E-state index is 12.1. The summed E-state index contributed by atoms with van der Waals surface area (Å²) in [5.74, 6) is -0.124. The molecule has 0 radical (unpaired) electrons. The summed E-state index contributed by atoms with van der Waals surface area (Å²) in [7, 11) is 0. The quantitative estimate of drug-likeness (QED) is 0.822. The number of rotatable bonds is 4. The second-order valence-corrected chi connectivity index (χ2v) is 5.37. The van der Waals surface area contributed by atoms with Crippen LogP contribution in [0.15, 0.2) is 29.2 Å². The molecule has 94 valence electrons. The van der Waals surface area contributed by atoms with Gasteiger partial charge in [-0.15, -0.1) is 11.8 Å². The van der Waals surface area contributed by atoms with Gasteiger partial charge in [0, 0.05) is 10.9 Å². The Morgan fingerprint density at radius 1 is 1.24 bits per heavy atom. The monoisotopic (exact) mass is 257 g/mol. The fourth-order valence-electron chi connectivity index (χ4n) is 2.09. The molecular weight excluding hydrogens is 240 g/mol. The molecule has 0 saturated carbocycles. The van der Waals surface area contributed by atoms with Crippen molar-refractivity contribution in [1.29, 1.82) is 0 Å². The van der Waals surface area contributed by atoms with Crippen LogP contribution in [0.3, 0.4) is 0 Å². The number of hydrogen-bond acceptors (Lipinski definition) is 2. The molecule has 0 aliphatic carbocycles. The van der Waals surface area contributed by atoms with Crippen LogP contribution in [0.25, 0.3) is 0 Å². The first-order valence-electron chi connectivity index (χ1n) is 6.00. The van der Waals surface area contributed by atoms with Crippen molar-refractivity contribution in [2.45, 2.75) is 36.6 Å². The Kier molecular flexibility index (Phi) is 4.80. The van der Waals surface area contributed by atoms with Crippen LogP contribution in [0, 0.1) is 0 Å².